The van der Waals surface area contributed by atoms with Crippen molar-refractivity contribution in [3.05, 3.63) is 425 Å². The van der Waals surface area contributed by atoms with Crippen LogP contribution in [0.4, 0.5) is 17.1 Å². The number of anilines is 3. The summed E-state index contributed by atoms with van der Waals surface area (Å²) in [5, 5.41) is 2.06. The first-order valence-electron chi connectivity index (χ1n) is 48.6. The molecule has 6 aliphatic rings. The van der Waals surface area contributed by atoms with Crippen LogP contribution in [0.5, 0.6) is 0 Å². The molecule has 6 aliphatic carbocycles. The fourth-order valence-electron chi connectivity index (χ4n) is 24.0. The molecule has 670 valence electrons. The summed E-state index contributed by atoms with van der Waals surface area (Å²) in [4.78, 5) is 32.8. The van der Waals surface area contributed by atoms with E-state index in [0.717, 1.165) is 66.7 Å². The Hall–Kier alpha value is -14.9. The molecule has 25 rings (SSSR count). The Morgan fingerprint density at radius 1 is 0.190 bits per heavy atom. The van der Waals surface area contributed by atoms with Crippen LogP contribution < -0.4 is 4.90 Å². The highest BCUT2D eigenvalue weighted by molar-refractivity contribution is 6.12. The van der Waals surface area contributed by atoms with Crippen molar-refractivity contribution < 1.29 is 4.42 Å². The number of fused-ring (bicyclic) bond motifs is 23. The van der Waals surface area contributed by atoms with Gasteiger partial charge in [-0.3, -0.25) is 0 Å². The zero-order chi connectivity index (χ0) is 94.6. The zero-order valence-corrected chi connectivity index (χ0v) is 81.6. The number of nitrogens with zero attached hydrogens (tertiary/aromatic N) is 7. The maximum Gasteiger partial charge on any atom is 0.164 e. The van der Waals surface area contributed by atoms with Gasteiger partial charge in [0, 0.05) is 77.5 Å². The molecule has 0 saturated heterocycles. The van der Waals surface area contributed by atoms with Gasteiger partial charge in [-0.15, -0.1) is 0 Å². The van der Waals surface area contributed by atoms with E-state index in [9.17, 15) is 0 Å². The van der Waals surface area contributed by atoms with Gasteiger partial charge in [0.05, 0.1) is 0 Å². The molecule has 0 N–H and O–H groups in total. The van der Waals surface area contributed by atoms with Crippen molar-refractivity contribution >= 4 is 39.0 Å². The first-order chi connectivity index (χ1) is 65.8. The van der Waals surface area contributed by atoms with Crippen molar-refractivity contribution in [2.24, 2.45) is 0 Å². The van der Waals surface area contributed by atoms with Crippen LogP contribution in [0.2, 0.25) is 0 Å². The summed E-state index contributed by atoms with van der Waals surface area (Å²) >= 11 is 0. The van der Waals surface area contributed by atoms with Gasteiger partial charge in [-0.25, -0.2) is 29.9 Å². The molecule has 0 aliphatic heterocycles. The van der Waals surface area contributed by atoms with Gasteiger partial charge < -0.3 is 9.32 Å². The molecule has 3 aromatic heterocycles. The van der Waals surface area contributed by atoms with Gasteiger partial charge >= 0.3 is 0 Å². The number of hydrogen-bond acceptors (Lipinski definition) is 8. The van der Waals surface area contributed by atoms with Crippen molar-refractivity contribution in [1.29, 1.82) is 0 Å². The number of furan rings is 1. The van der Waals surface area contributed by atoms with E-state index in [-0.39, 0.29) is 48.7 Å². The second kappa shape index (κ2) is 31.1. The van der Waals surface area contributed by atoms with Crippen molar-refractivity contribution in [1.82, 2.24) is 29.9 Å². The number of aromatic nitrogens is 6. The lowest BCUT2D eigenvalue weighted by Crippen LogP contribution is -2.45. The molecular formula is C129H113N7O. The second-order valence-corrected chi connectivity index (χ2v) is 43.3. The minimum Gasteiger partial charge on any atom is -0.456 e. The molecule has 3 heterocycles. The molecule has 8 nitrogen and oxygen atoms in total. The molecule has 0 radical (unpaired) electrons. The van der Waals surface area contributed by atoms with Crippen molar-refractivity contribution in [2.75, 3.05) is 4.90 Å². The average Bonchev–Trinajstić information content (AvgIpc) is 1.58. The number of hydrogen-bond donors (Lipinski definition) is 0. The Morgan fingerprint density at radius 2 is 0.526 bits per heavy atom. The standard InChI is InChI=1S/C48H39N3O.C42H37N3.C39H37N/c1-46(2)37-27-29(23-24-31(37)32-25-26-33-30-17-10-12-20-36(30)47(3,4)48(5,6)42(33)41(32)46)44-49-43(28-15-8-7-9-16-28)50-45(51-44)35-19-14-22-39-40(35)34-18-11-13-21-38(34)52-39;1-40(2)34-25-28(39-44-37(26-15-9-7-10-16-26)43-38(45-39)27-17-11-8-12-18-27)21-22-29(34)30-23-24-33-35(36(30)40)31-19-13-14-20-32(31)41(3,4)42(33,5)6;1-37(2)34-23-28(40(26-15-9-7-10-16-26)27-17-11-8-12-18-27)21-22-30(34)31-25-36-32(24-35(31)37)29-19-13-14-20-33(29)38(3,4)39(36,5)6/h7-27H,1-6H3;7-25H,1-6H3;7-25H,1-6H3. The van der Waals surface area contributed by atoms with Crippen molar-refractivity contribution in [3.63, 3.8) is 0 Å². The summed E-state index contributed by atoms with van der Waals surface area (Å²) in [6.45, 7) is 43.3. The lowest BCUT2D eigenvalue weighted by atomic mass is 9.53. The maximum atomic E-state index is 6.26. The van der Waals surface area contributed by atoms with Crippen LogP contribution in [-0.2, 0) is 48.7 Å². The van der Waals surface area contributed by atoms with Gasteiger partial charge in [-0.1, -0.05) is 410 Å². The van der Waals surface area contributed by atoms with Crippen LogP contribution in [0.1, 0.15) is 191 Å². The van der Waals surface area contributed by atoms with Crippen LogP contribution in [-0.4, -0.2) is 29.9 Å². The molecule has 0 fully saturated rings. The third-order valence-electron chi connectivity index (χ3n) is 33.5. The molecule has 0 saturated carbocycles. The van der Waals surface area contributed by atoms with Gasteiger partial charge in [0.1, 0.15) is 11.2 Å². The quantitative estimate of drug-likeness (QED) is 0.141. The van der Waals surface area contributed by atoms with Gasteiger partial charge in [-0.2, -0.15) is 0 Å². The van der Waals surface area contributed by atoms with Crippen LogP contribution in [0.3, 0.4) is 0 Å². The molecule has 0 bridgehead atoms. The minimum atomic E-state index is -0.245. The molecular weight excluding hydrogens is 1660 g/mol. The van der Waals surface area contributed by atoms with Gasteiger partial charge in [0.2, 0.25) is 0 Å². The lowest BCUT2D eigenvalue weighted by Gasteiger charge is -2.50. The van der Waals surface area contributed by atoms with Crippen LogP contribution >= 0.6 is 0 Å². The summed E-state index contributed by atoms with van der Waals surface area (Å²) in [6, 6.07) is 129. The van der Waals surface area contributed by atoms with E-state index in [4.69, 9.17) is 34.3 Å². The largest absolute Gasteiger partial charge is 0.456 e. The smallest absolute Gasteiger partial charge is 0.164 e. The van der Waals surface area contributed by atoms with Crippen LogP contribution in [0, 0.1) is 0 Å². The minimum absolute atomic E-state index is 0.000791. The van der Waals surface area contributed by atoms with E-state index >= 15 is 0 Å². The molecule has 19 aromatic rings. The maximum absolute atomic E-state index is 6.26. The highest BCUT2D eigenvalue weighted by atomic mass is 16.3. The second-order valence-electron chi connectivity index (χ2n) is 43.3. The van der Waals surface area contributed by atoms with E-state index in [1.165, 1.54) is 139 Å². The normalized spacial score (nSPS) is 16.3. The van der Waals surface area contributed by atoms with E-state index in [2.05, 4.69) is 403 Å². The van der Waals surface area contributed by atoms with Gasteiger partial charge in [0.25, 0.3) is 0 Å². The number of benzene rings is 16. The predicted molar refractivity (Wildman–Crippen MR) is 568 cm³/mol. The summed E-state index contributed by atoms with van der Waals surface area (Å²) < 4.78 is 6.26. The molecule has 137 heavy (non-hydrogen) atoms. The first kappa shape index (κ1) is 86.3. The van der Waals surface area contributed by atoms with Gasteiger partial charge in [-0.05, 0) is 239 Å². The SMILES string of the molecule is CC1(C)c2cc(-c3nc(-c4ccccc4)nc(-c4cccc5oc6ccccc6c45)n3)ccc2-c2ccc3c(c21)C(C)(C)C(C)(C)c1ccccc1-3.CC1(C)c2cc(-c3nc(-c4ccccc4)nc(-c4ccccc4)n3)ccc2-c2ccc3c(c21)-c1ccccc1C(C)(C)C3(C)C.CC1(C)c2cc(N(c3ccccc3)c3ccccc3)ccc2-c2cc3c(cc21)-c1ccccc1C(C)(C)C3(C)C. The fourth-order valence-corrected chi connectivity index (χ4v) is 24.0. The molecule has 0 amide bonds. The average molecular weight is 1780 g/mol. The van der Waals surface area contributed by atoms with E-state index in [1.54, 1.807) is 0 Å². The number of rotatable bonds is 9. The monoisotopic (exact) mass is 1780 g/mol. The Morgan fingerprint density at radius 3 is 1.06 bits per heavy atom. The Bertz CT molecular complexity index is 8050. The summed E-state index contributed by atoms with van der Waals surface area (Å²) in [5.41, 5.74) is 43.4. The molecule has 0 unspecified atom stereocenters. The van der Waals surface area contributed by atoms with Crippen molar-refractivity contribution in [3.8, 4) is 135 Å². The highest BCUT2D eigenvalue weighted by Gasteiger charge is 2.54. The lowest BCUT2D eigenvalue weighted by molar-refractivity contribution is 0.295. The summed E-state index contributed by atoms with van der Waals surface area (Å²) in [7, 11) is 0. The molecule has 16 aromatic carbocycles. The highest BCUT2D eigenvalue weighted by Crippen LogP contribution is 2.65. The van der Waals surface area contributed by atoms with E-state index < -0.39 is 0 Å². The molecule has 0 atom stereocenters. The summed E-state index contributed by atoms with van der Waals surface area (Å²) in [5.74, 6) is 3.97. The van der Waals surface area contributed by atoms with Gasteiger partial charge in [0.15, 0.2) is 34.9 Å². The molecule has 8 heteroatoms. The van der Waals surface area contributed by atoms with E-state index in [1.807, 2.05) is 84.9 Å². The van der Waals surface area contributed by atoms with Crippen molar-refractivity contribution in [2.45, 2.75) is 173 Å². The summed E-state index contributed by atoms with van der Waals surface area (Å²) in [6.07, 6.45) is 0. The molecule has 0 spiro atoms. The Kier molecular flexibility index (Phi) is 19.6. The topological polar surface area (TPSA) is 93.7 Å². The number of para-hydroxylation sites is 3. The third kappa shape index (κ3) is 13.0. The first-order valence-corrected chi connectivity index (χ1v) is 48.6. The Balaban J connectivity index is 0.000000116. The fraction of sp³-hybridized carbons (Fsp3) is 0.209. The third-order valence-corrected chi connectivity index (χ3v) is 33.5. The van der Waals surface area contributed by atoms with E-state index in [0.29, 0.717) is 34.9 Å². The predicted octanol–water partition coefficient (Wildman–Crippen LogP) is 33.4. The van der Waals surface area contributed by atoms with Crippen LogP contribution in [0.15, 0.2) is 362 Å². The Labute approximate surface area is 805 Å². The van der Waals surface area contributed by atoms with Crippen LogP contribution in [0.25, 0.3) is 157 Å². The zero-order valence-electron chi connectivity index (χ0n) is 81.6.